The average molecular weight is 489 g/mol. The second-order valence-corrected chi connectivity index (χ2v) is 9.29. The van der Waals surface area contributed by atoms with Crippen LogP contribution in [0.2, 0.25) is 0 Å². The van der Waals surface area contributed by atoms with Gasteiger partial charge in [-0.15, -0.1) is 0 Å². The molecule has 0 unspecified atom stereocenters. The van der Waals surface area contributed by atoms with E-state index in [2.05, 4.69) is 89.7 Å². The van der Waals surface area contributed by atoms with Crippen molar-refractivity contribution in [2.75, 3.05) is 0 Å². The van der Waals surface area contributed by atoms with Crippen LogP contribution < -0.4 is 0 Å². The Morgan fingerprint density at radius 1 is 0.421 bits per heavy atom. The lowest BCUT2D eigenvalue weighted by Crippen LogP contribution is -1.95. The van der Waals surface area contributed by atoms with Gasteiger partial charge >= 0.3 is 0 Å². The summed E-state index contributed by atoms with van der Waals surface area (Å²) in [6.07, 6.45) is 11.1. The Balaban J connectivity index is 1.20. The molecule has 38 heavy (non-hydrogen) atoms. The zero-order valence-electron chi connectivity index (χ0n) is 20.2. The summed E-state index contributed by atoms with van der Waals surface area (Å²) in [5.74, 6) is 0. The fraction of sp³-hybridized carbons (Fsp3) is 0. The Kier molecular flexibility index (Phi) is 4.42. The largest absolute Gasteiger partial charge is 0.308 e. The van der Waals surface area contributed by atoms with Crippen molar-refractivity contribution in [3.05, 3.63) is 122 Å². The van der Waals surface area contributed by atoms with Gasteiger partial charge < -0.3 is 9.13 Å². The third-order valence-corrected chi connectivity index (χ3v) is 7.23. The van der Waals surface area contributed by atoms with Gasteiger partial charge in [0.25, 0.3) is 0 Å². The molecule has 0 bridgehead atoms. The van der Waals surface area contributed by atoms with E-state index in [1.54, 1.807) is 0 Å². The number of hydrogen-bond donors (Lipinski definition) is 0. The highest BCUT2D eigenvalue weighted by Crippen LogP contribution is 2.33. The van der Waals surface area contributed by atoms with Gasteiger partial charge in [-0.2, -0.15) is 0 Å². The number of benzene rings is 2. The number of hydrogen-bond acceptors (Lipinski definition) is 4. The normalized spacial score (nSPS) is 11.7. The molecule has 0 amide bonds. The maximum atomic E-state index is 4.63. The van der Waals surface area contributed by atoms with Crippen molar-refractivity contribution in [2.45, 2.75) is 0 Å². The summed E-state index contributed by atoms with van der Waals surface area (Å²) in [6, 6.07) is 29.6. The Morgan fingerprint density at radius 2 is 0.974 bits per heavy atom. The second kappa shape index (κ2) is 8.08. The molecule has 0 N–H and O–H groups in total. The Morgan fingerprint density at radius 3 is 1.63 bits per heavy atom. The molecule has 0 atom stereocenters. The van der Waals surface area contributed by atoms with Gasteiger partial charge in [0.1, 0.15) is 0 Å². The fourth-order valence-corrected chi connectivity index (χ4v) is 5.52. The molecule has 0 radical (unpaired) electrons. The van der Waals surface area contributed by atoms with E-state index in [9.17, 15) is 0 Å². The Bertz CT molecular complexity index is 1860. The Hall–Kier alpha value is -5.36. The van der Waals surface area contributed by atoms with Gasteiger partial charge in [0.05, 0.1) is 39.3 Å². The molecular formula is C32H20N6. The van der Waals surface area contributed by atoms with E-state index in [0.717, 1.165) is 66.4 Å². The zero-order chi connectivity index (χ0) is 25.1. The summed E-state index contributed by atoms with van der Waals surface area (Å²) in [7, 11) is 0. The van der Waals surface area contributed by atoms with Gasteiger partial charge in [-0.25, -0.2) is 0 Å². The molecule has 8 aromatic rings. The van der Waals surface area contributed by atoms with E-state index in [1.165, 1.54) is 0 Å². The summed E-state index contributed by atoms with van der Waals surface area (Å²) >= 11 is 0. The van der Waals surface area contributed by atoms with Crippen molar-refractivity contribution < 1.29 is 0 Å². The van der Waals surface area contributed by atoms with Crippen molar-refractivity contribution in [1.29, 1.82) is 0 Å². The summed E-state index contributed by atoms with van der Waals surface area (Å²) < 4.78 is 4.47. The summed E-state index contributed by atoms with van der Waals surface area (Å²) in [4.78, 5) is 17.9. The molecule has 6 heterocycles. The summed E-state index contributed by atoms with van der Waals surface area (Å²) in [5.41, 5.74) is 10.7. The zero-order valence-corrected chi connectivity index (χ0v) is 20.2. The summed E-state index contributed by atoms with van der Waals surface area (Å²) in [6.45, 7) is 0. The van der Waals surface area contributed by atoms with Crippen LogP contribution in [-0.2, 0) is 0 Å². The van der Waals surface area contributed by atoms with E-state index in [1.807, 2.05) is 61.4 Å². The predicted molar refractivity (Wildman–Crippen MR) is 152 cm³/mol. The molecule has 2 aromatic carbocycles. The van der Waals surface area contributed by atoms with E-state index in [-0.39, 0.29) is 0 Å². The van der Waals surface area contributed by atoms with Gasteiger partial charge in [-0.05, 0) is 71.8 Å². The third kappa shape index (κ3) is 3.01. The van der Waals surface area contributed by atoms with E-state index in [0.29, 0.717) is 0 Å². The lowest BCUT2D eigenvalue weighted by molar-refractivity contribution is 1.16. The van der Waals surface area contributed by atoms with Gasteiger partial charge in [-0.1, -0.05) is 24.3 Å². The predicted octanol–water partition coefficient (Wildman–Crippen LogP) is 7.13. The van der Waals surface area contributed by atoms with Gasteiger partial charge in [0.2, 0.25) is 0 Å². The number of fused-ring (bicyclic) bond motifs is 6. The second-order valence-electron chi connectivity index (χ2n) is 9.29. The minimum atomic E-state index is 0.964. The minimum absolute atomic E-state index is 0.964. The maximum absolute atomic E-state index is 4.63. The highest BCUT2D eigenvalue weighted by atomic mass is 15.0. The third-order valence-electron chi connectivity index (χ3n) is 7.23. The first kappa shape index (κ1) is 20.8. The van der Waals surface area contributed by atoms with Crippen LogP contribution in [0.5, 0.6) is 0 Å². The first-order valence-electron chi connectivity index (χ1n) is 12.5. The molecule has 0 fully saturated rings. The molecule has 0 spiro atoms. The van der Waals surface area contributed by atoms with Crippen LogP contribution in [-0.4, -0.2) is 29.1 Å². The highest BCUT2D eigenvalue weighted by Gasteiger charge is 2.14. The number of aromatic nitrogens is 6. The Labute approximate surface area is 217 Å². The van der Waals surface area contributed by atoms with Crippen LogP contribution in [0.4, 0.5) is 0 Å². The molecule has 8 rings (SSSR count). The molecular weight excluding hydrogens is 468 g/mol. The molecule has 6 aromatic heterocycles. The first-order valence-corrected chi connectivity index (χ1v) is 12.5. The van der Waals surface area contributed by atoms with Crippen molar-refractivity contribution in [3.8, 4) is 22.5 Å². The maximum Gasteiger partial charge on any atom is 0.0978 e. The van der Waals surface area contributed by atoms with Crippen LogP contribution in [0.15, 0.2) is 122 Å². The van der Waals surface area contributed by atoms with Gasteiger partial charge in [0, 0.05) is 53.1 Å². The van der Waals surface area contributed by atoms with Crippen LogP contribution in [0.3, 0.4) is 0 Å². The number of rotatable bonds is 3. The van der Waals surface area contributed by atoms with E-state index < -0.39 is 0 Å². The number of pyridine rings is 4. The molecule has 0 saturated carbocycles. The minimum Gasteiger partial charge on any atom is -0.308 e. The lowest BCUT2D eigenvalue weighted by Gasteiger charge is -2.11. The molecule has 6 nitrogen and oxygen atoms in total. The molecule has 178 valence electrons. The molecule has 0 aliphatic heterocycles. The van der Waals surface area contributed by atoms with Gasteiger partial charge in [-0.3, -0.25) is 19.9 Å². The summed E-state index contributed by atoms with van der Waals surface area (Å²) in [5, 5.41) is 2.16. The van der Waals surface area contributed by atoms with Crippen molar-refractivity contribution >= 4 is 43.9 Å². The fourth-order valence-electron chi connectivity index (χ4n) is 5.52. The van der Waals surface area contributed by atoms with Crippen LogP contribution in [0.1, 0.15) is 0 Å². The van der Waals surface area contributed by atoms with E-state index >= 15 is 0 Å². The molecule has 0 aliphatic carbocycles. The van der Waals surface area contributed by atoms with E-state index in [4.69, 9.17) is 0 Å². The SMILES string of the molecule is c1cnc2c3cnccc3n(-c3ccc(-c4ccc(-n5c6cnccc6c6ncccc65)cc4)cc3)c2c1. The molecule has 0 aliphatic rings. The quantitative estimate of drug-likeness (QED) is 0.265. The molecule has 6 heteroatoms. The smallest absolute Gasteiger partial charge is 0.0978 e. The van der Waals surface area contributed by atoms with Crippen molar-refractivity contribution in [3.63, 3.8) is 0 Å². The number of nitrogens with zero attached hydrogens (tertiary/aromatic N) is 6. The monoisotopic (exact) mass is 488 g/mol. The van der Waals surface area contributed by atoms with Crippen LogP contribution >= 0.6 is 0 Å². The molecule has 0 saturated heterocycles. The lowest BCUT2D eigenvalue weighted by atomic mass is 10.0. The highest BCUT2D eigenvalue weighted by molar-refractivity contribution is 6.07. The topological polar surface area (TPSA) is 61.4 Å². The van der Waals surface area contributed by atoms with Crippen molar-refractivity contribution in [1.82, 2.24) is 29.1 Å². The van der Waals surface area contributed by atoms with Crippen LogP contribution in [0, 0.1) is 0 Å². The van der Waals surface area contributed by atoms with Crippen molar-refractivity contribution in [2.24, 2.45) is 0 Å². The van der Waals surface area contributed by atoms with Gasteiger partial charge in [0.15, 0.2) is 0 Å². The average Bonchev–Trinajstić information content (AvgIpc) is 3.51. The standard InChI is InChI=1S/C32H20N6/c1-3-28-31(35-15-1)25-13-17-34-20-30(25)38(28)24-11-7-22(8-12-24)21-5-9-23(10-6-21)37-27-14-18-33-19-26(27)32-29(37)4-2-16-36-32/h1-20H. The first-order chi connectivity index (χ1) is 18.9. The van der Waals surface area contributed by atoms with Crippen LogP contribution in [0.25, 0.3) is 66.4 Å².